The van der Waals surface area contributed by atoms with Crippen LogP contribution in [-0.4, -0.2) is 27.1 Å². The molecule has 21 heavy (non-hydrogen) atoms. The second-order valence-electron chi connectivity index (χ2n) is 5.41. The van der Waals surface area contributed by atoms with Crippen LogP contribution in [0.3, 0.4) is 0 Å². The van der Waals surface area contributed by atoms with Crippen molar-refractivity contribution in [2.75, 3.05) is 13.2 Å². The Labute approximate surface area is 132 Å². The third-order valence-electron chi connectivity index (χ3n) is 3.70. The molecule has 1 unspecified atom stereocenters. The number of nitrogens with one attached hydrogen (secondary N) is 1. The van der Waals surface area contributed by atoms with Gasteiger partial charge in [0, 0.05) is 18.2 Å². The SMILES string of the molecule is CCOc1cccc(S(=O)(=O)NC(C)(CN)C2CC2)c1.Cl. The molecule has 1 aliphatic carbocycles. The van der Waals surface area contributed by atoms with E-state index in [4.69, 9.17) is 10.5 Å². The second-order valence-corrected chi connectivity index (χ2v) is 7.09. The van der Waals surface area contributed by atoms with Crippen LogP contribution in [0, 0.1) is 5.92 Å². The summed E-state index contributed by atoms with van der Waals surface area (Å²) in [7, 11) is -3.59. The number of hydrogen-bond acceptors (Lipinski definition) is 4. The van der Waals surface area contributed by atoms with E-state index in [2.05, 4.69) is 4.72 Å². The number of benzene rings is 1. The molecule has 5 nitrogen and oxygen atoms in total. The van der Waals surface area contributed by atoms with Crippen LogP contribution in [0.4, 0.5) is 0 Å². The van der Waals surface area contributed by atoms with Gasteiger partial charge in [-0.25, -0.2) is 13.1 Å². The fraction of sp³-hybridized carbons (Fsp3) is 0.571. The summed E-state index contributed by atoms with van der Waals surface area (Å²) in [5.74, 6) is 0.883. The van der Waals surface area contributed by atoms with Crippen LogP contribution >= 0.6 is 12.4 Å². The third kappa shape index (κ3) is 4.32. The van der Waals surface area contributed by atoms with Gasteiger partial charge in [0.2, 0.25) is 10.0 Å². The van der Waals surface area contributed by atoms with E-state index >= 15 is 0 Å². The Morgan fingerprint density at radius 3 is 2.62 bits per heavy atom. The smallest absolute Gasteiger partial charge is 0.241 e. The van der Waals surface area contributed by atoms with E-state index in [0.29, 0.717) is 24.8 Å². The Morgan fingerprint density at radius 2 is 2.10 bits per heavy atom. The van der Waals surface area contributed by atoms with Crippen LogP contribution in [0.15, 0.2) is 29.2 Å². The maximum Gasteiger partial charge on any atom is 0.241 e. The minimum Gasteiger partial charge on any atom is -0.494 e. The van der Waals surface area contributed by atoms with Gasteiger partial charge in [-0.2, -0.15) is 0 Å². The van der Waals surface area contributed by atoms with Gasteiger partial charge in [-0.3, -0.25) is 0 Å². The first-order chi connectivity index (χ1) is 9.41. The number of halogens is 1. The van der Waals surface area contributed by atoms with Crippen molar-refractivity contribution in [3.8, 4) is 5.75 Å². The monoisotopic (exact) mass is 334 g/mol. The molecule has 0 bridgehead atoms. The molecule has 1 aliphatic rings. The van der Waals surface area contributed by atoms with Crippen LogP contribution in [0.2, 0.25) is 0 Å². The van der Waals surface area contributed by atoms with E-state index in [1.54, 1.807) is 18.2 Å². The number of ether oxygens (including phenoxy) is 1. The van der Waals surface area contributed by atoms with Crippen LogP contribution in [0.25, 0.3) is 0 Å². The van der Waals surface area contributed by atoms with Gasteiger partial charge in [0.1, 0.15) is 5.75 Å². The molecule has 1 fully saturated rings. The lowest BCUT2D eigenvalue weighted by Crippen LogP contribution is -2.52. The lowest BCUT2D eigenvalue weighted by molar-refractivity contribution is 0.339. The van der Waals surface area contributed by atoms with Gasteiger partial charge < -0.3 is 10.5 Å². The summed E-state index contributed by atoms with van der Waals surface area (Å²) < 4.78 is 33.0. The molecule has 0 aliphatic heterocycles. The molecule has 7 heteroatoms. The molecule has 1 atom stereocenters. The second kappa shape index (κ2) is 6.96. The summed E-state index contributed by atoms with van der Waals surface area (Å²) >= 11 is 0. The van der Waals surface area contributed by atoms with Gasteiger partial charge in [-0.05, 0) is 44.7 Å². The predicted octanol–water partition coefficient (Wildman–Crippen LogP) is 1.91. The minimum absolute atomic E-state index is 0. The fourth-order valence-electron chi connectivity index (χ4n) is 2.28. The third-order valence-corrected chi connectivity index (χ3v) is 5.31. The number of nitrogens with two attached hydrogens (primary N) is 1. The van der Waals surface area contributed by atoms with Gasteiger partial charge in [-0.1, -0.05) is 6.07 Å². The van der Waals surface area contributed by atoms with Crippen molar-refractivity contribution in [1.82, 2.24) is 4.72 Å². The van der Waals surface area contributed by atoms with E-state index in [1.165, 1.54) is 6.07 Å². The number of sulfonamides is 1. The van der Waals surface area contributed by atoms with Crippen molar-refractivity contribution in [2.24, 2.45) is 11.7 Å². The van der Waals surface area contributed by atoms with Crippen molar-refractivity contribution >= 4 is 22.4 Å². The lowest BCUT2D eigenvalue weighted by atomic mass is 9.98. The Hall–Kier alpha value is -0.820. The van der Waals surface area contributed by atoms with Gasteiger partial charge in [-0.15, -0.1) is 12.4 Å². The lowest BCUT2D eigenvalue weighted by Gasteiger charge is -2.29. The molecule has 120 valence electrons. The highest BCUT2D eigenvalue weighted by molar-refractivity contribution is 7.89. The molecule has 1 aromatic rings. The maximum absolute atomic E-state index is 12.5. The van der Waals surface area contributed by atoms with Crippen LogP contribution in [0.5, 0.6) is 5.75 Å². The van der Waals surface area contributed by atoms with Gasteiger partial charge in [0.25, 0.3) is 0 Å². The largest absolute Gasteiger partial charge is 0.494 e. The summed E-state index contributed by atoms with van der Waals surface area (Å²) in [5.41, 5.74) is 5.19. The van der Waals surface area contributed by atoms with Crippen molar-refractivity contribution in [3.05, 3.63) is 24.3 Å². The molecule has 0 amide bonds. The zero-order valence-electron chi connectivity index (χ0n) is 12.3. The number of hydrogen-bond donors (Lipinski definition) is 2. The molecule has 1 aromatic carbocycles. The van der Waals surface area contributed by atoms with Gasteiger partial charge >= 0.3 is 0 Å². The van der Waals surface area contributed by atoms with E-state index < -0.39 is 15.6 Å². The maximum atomic E-state index is 12.5. The fourth-order valence-corrected chi connectivity index (χ4v) is 3.79. The summed E-state index contributed by atoms with van der Waals surface area (Å²) in [4.78, 5) is 0.212. The molecule has 0 saturated heterocycles. The van der Waals surface area contributed by atoms with Gasteiger partial charge in [0.15, 0.2) is 0 Å². The highest BCUT2D eigenvalue weighted by Gasteiger charge is 2.43. The minimum atomic E-state index is -3.59. The van der Waals surface area contributed by atoms with E-state index in [9.17, 15) is 8.42 Å². The Kier molecular flexibility index (Phi) is 6.04. The number of rotatable bonds is 7. The first-order valence-corrected chi connectivity index (χ1v) is 8.36. The average Bonchev–Trinajstić information content (AvgIpc) is 3.23. The molecule has 0 heterocycles. The standard InChI is InChI=1S/C14H22N2O3S.ClH/c1-3-19-12-5-4-6-13(9-12)20(17,18)16-14(2,10-15)11-7-8-11;/h4-6,9,11,16H,3,7-8,10,15H2,1-2H3;1H. The Bertz CT molecular complexity index is 575. The molecule has 0 spiro atoms. The summed E-state index contributed by atoms with van der Waals surface area (Å²) in [5, 5.41) is 0. The summed E-state index contributed by atoms with van der Waals surface area (Å²) in [6.07, 6.45) is 2.05. The molecule has 0 radical (unpaired) electrons. The van der Waals surface area contributed by atoms with Crippen molar-refractivity contribution in [1.29, 1.82) is 0 Å². The van der Waals surface area contributed by atoms with Crippen molar-refractivity contribution < 1.29 is 13.2 Å². The first-order valence-electron chi connectivity index (χ1n) is 6.88. The topological polar surface area (TPSA) is 81.4 Å². The van der Waals surface area contributed by atoms with Crippen LogP contribution in [0.1, 0.15) is 26.7 Å². The van der Waals surface area contributed by atoms with Crippen molar-refractivity contribution in [3.63, 3.8) is 0 Å². The summed E-state index contributed by atoms with van der Waals surface area (Å²) in [6.45, 7) is 4.52. The molecule has 3 N–H and O–H groups in total. The van der Waals surface area contributed by atoms with Gasteiger partial charge in [0.05, 0.1) is 11.5 Å². The Morgan fingerprint density at radius 1 is 1.43 bits per heavy atom. The van der Waals surface area contributed by atoms with E-state index in [1.807, 2.05) is 13.8 Å². The predicted molar refractivity (Wildman–Crippen MR) is 85.4 cm³/mol. The van der Waals surface area contributed by atoms with Crippen LogP contribution in [-0.2, 0) is 10.0 Å². The quantitative estimate of drug-likeness (QED) is 0.798. The van der Waals surface area contributed by atoms with E-state index in [0.717, 1.165) is 12.8 Å². The zero-order valence-corrected chi connectivity index (χ0v) is 14.0. The van der Waals surface area contributed by atoms with Crippen LogP contribution < -0.4 is 15.2 Å². The highest BCUT2D eigenvalue weighted by Crippen LogP contribution is 2.39. The normalized spacial score (nSPS) is 17.7. The van der Waals surface area contributed by atoms with E-state index in [-0.39, 0.29) is 17.3 Å². The first kappa shape index (κ1) is 18.2. The molecular weight excluding hydrogens is 312 g/mol. The average molecular weight is 335 g/mol. The molecule has 1 saturated carbocycles. The molecule has 2 rings (SSSR count). The zero-order chi connectivity index (χ0) is 14.8. The van der Waals surface area contributed by atoms with Crippen molar-refractivity contribution in [2.45, 2.75) is 37.1 Å². The Balaban J connectivity index is 0.00000220. The summed E-state index contributed by atoms with van der Waals surface area (Å²) in [6, 6.07) is 6.52. The molecule has 0 aromatic heterocycles. The molecular formula is C14H23ClN2O3S. The highest BCUT2D eigenvalue weighted by atomic mass is 35.5.